The van der Waals surface area contributed by atoms with Crippen LogP contribution in [0, 0.1) is 6.92 Å². The van der Waals surface area contributed by atoms with Gasteiger partial charge in [0.25, 0.3) is 0 Å². The lowest BCUT2D eigenvalue weighted by Crippen LogP contribution is -2.44. The molecule has 3 heteroatoms. The molecule has 2 nitrogen and oxygen atoms in total. The first-order valence-corrected chi connectivity index (χ1v) is 8.83. The van der Waals surface area contributed by atoms with Crippen LogP contribution in [0.15, 0.2) is 24.3 Å². The summed E-state index contributed by atoms with van der Waals surface area (Å²) in [6, 6.07) is 9.60. The molecule has 0 bridgehead atoms. The third kappa shape index (κ3) is 2.33. The number of rotatable bonds is 4. The second kappa shape index (κ2) is 4.92. The lowest BCUT2D eigenvalue weighted by molar-refractivity contribution is 0.343. The first-order chi connectivity index (χ1) is 10.2. The molecule has 0 amide bonds. The highest BCUT2D eigenvalue weighted by Crippen LogP contribution is 2.42. The molecule has 1 heterocycles. The van der Waals surface area contributed by atoms with Crippen molar-refractivity contribution in [1.82, 2.24) is 10.3 Å². The summed E-state index contributed by atoms with van der Waals surface area (Å²) in [6.45, 7) is 4.42. The number of benzene rings is 1. The normalized spacial score (nSPS) is 19.7. The lowest BCUT2D eigenvalue weighted by Gasteiger charge is -2.28. The van der Waals surface area contributed by atoms with Gasteiger partial charge < -0.3 is 5.32 Å². The van der Waals surface area contributed by atoms with Crippen LogP contribution in [-0.2, 0) is 24.8 Å². The zero-order valence-corrected chi connectivity index (χ0v) is 13.6. The van der Waals surface area contributed by atoms with Crippen LogP contribution in [0.25, 0.3) is 0 Å². The maximum atomic E-state index is 5.00. The van der Waals surface area contributed by atoms with E-state index in [4.69, 9.17) is 4.98 Å². The van der Waals surface area contributed by atoms with Gasteiger partial charge in [0.15, 0.2) is 0 Å². The smallest absolute Gasteiger partial charge is 0.114 e. The molecule has 1 aromatic heterocycles. The molecule has 21 heavy (non-hydrogen) atoms. The largest absolute Gasteiger partial charge is 0.302 e. The molecule has 0 radical (unpaired) electrons. The van der Waals surface area contributed by atoms with Crippen molar-refractivity contribution in [2.45, 2.75) is 57.5 Å². The standard InChI is InChI=1S/C18H22N2S/c1-3-16-12(2)21-17(19-16)18(20-15-8-9-15)10-13-6-4-5-7-14(13)11-18/h4-7,15,20H,3,8-11H2,1-2H3. The second-order valence-electron chi connectivity index (χ2n) is 6.50. The van der Waals surface area contributed by atoms with E-state index in [1.807, 2.05) is 11.3 Å². The van der Waals surface area contributed by atoms with Gasteiger partial charge in [-0.1, -0.05) is 31.2 Å². The predicted octanol–water partition coefficient (Wildman–Crippen LogP) is 3.76. The van der Waals surface area contributed by atoms with E-state index in [1.54, 1.807) is 0 Å². The van der Waals surface area contributed by atoms with Crippen molar-refractivity contribution in [2.24, 2.45) is 0 Å². The lowest BCUT2D eigenvalue weighted by atomic mass is 9.96. The summed E-state index contributed by atoms with van der Waals surface area (Å²) >= 11 is 1.90. The number of hydrogen-bond donors (Lipinski definition) is 1. The molecule has 2 aromatic rings. The minimum absolute atomic E-state index is 0.0493. The van der Waals surface area contributed by atoms with E-state index in [9.17, 15) is 0 Å². The molecule has 0 unspecified atom stereocenters. The first kappa shape index (κ1) is 13.5. The van der Waals surface area contributed by atoms with Crippen LogP contribution in [0.3, 0.4) is 0 Å². The van der Waals surface area contributed by atoms with Crippen molar-refractivity contribution < 1.29 is 0 Å². The fourth-order valence-electron chi connectivity index (χ4n) is 3.51. The zero-order chi connectivity index (χ0) is 14.4. The minimum Gasteiger partial charge on any atom is -0.302 e. The predicted molar refractivity (Wildman–Crippen MR) is 87.9 cm³/mol. The molecule has 1 aromatic carbocycles. The van der Waals surface area contributed by atoms with Crippen LogP contribution in [0.1, 0.15) is 46.5 Å². The van der Waals surface area contributed by atoms with E-state index in [-0.39, 0.29) is 5.54 Å². The van der Waals surface area contributed by atoms with Crippen LogP contribution in [0.2, 0.25) is 0 Å². The monoisotopic (exact) mass is 298 g/mol. The molecular weight excluding hydrogens is 276 g/mol. The van der Waals surface area contributed by atoms with Gasteiger partial charge in [-0.2, -0.15) is 0 Å². The van der Waals surface area contributed by atoms with Crippen molar-refractivity contribution in [3.05, 3.63) is 51.0 Å². The molecule has 0 spiro atoms. The number of aryl methyl sites for hydroxylation is 2. The van der Waals surface area contributed by atoms with E-state index in [0.717, 1.165) is 19.3 Å². The Morgan fingerprint density at radius 1 is 1.24 bits per heavy atom. The van der Waals surface area contributed by atoms with Gasteiger partial charge in [-0.05, 0) is 50.2 Å². The molecule has 110 valence electrons. The van der Waals surface area contributed by atoms with Crippen LogP contribution in [0.5, 0.6) is 0 Å². The maximum Gasteiger partial charge on any atom is 0.114 e. The van der Waals surface area contributed by atoms with Crippen molar-refractivity contribution in [3.63, 3.8) is 0 Å². The summed E-state index contributed by atoms with van der Waals surface area (Å²) in [4.78, 5) is 6.39. The fourth-order valence-corrected chi connectivity index (χ4v) is 4.66. The highest BCUT2D eigenvalue weighted by atomic mass is 32.1. The Morgan fingerprint density at radius 3 is 2.43 bits per heavy atom. The molecule has 0 atom stereocenters. The van der Waals surface area contributed by atoms with Crippen molar-refractivity contribution >= 4 is 11.3 Å². The van der Waals surface area contributed by atoms with E-state index in [0.29, 0.717) is 6.04 Å². The van der Waals surface area contributed by atoms with Gasteiger partial charge in [-0.15, -0.1) is 11.3 Å². The summed E-state index contributed by atoms with van der Waals surface area (Å²) in [7, 11) is 0. The van der Waals surface area contributed by atoms with Crippen LogP contribution in [-0.4, -0.2) is 11.0 Å². The summed E-state index contributed by atoms with van der Waals surface area (Å²) in [6.07, 6.45) is 5.87. The summed E-state index contributed by atoms with van der Waals surface area (Å²) in [5.74, 6) is 0. The average molecular weight is 298 g/mol. The van der Waals surface area contributed by atoms with Gasteiger partial charge in [0.2, 0.25) is 0 Å². The number of fused-ring (bicyclic) bond motifs is 1. The first-order valence-electron chi connectivity index (χ1n) is 8.01. The molecule has 0 aliphatic heterocycles. The summed E-state index contributed by atoms with van der Waals surface area (Å²) in [5.41, 5.74) is 4.32. The molecule has 1 N–H and O–H groups in total. The molecule has 2 aliphatic rings. The highest BCUT2D eigenvalue weighted by Gasteiger charge is 2.44. The number of nitrogens with zero attached hydrogens (tertiary/aromatic N) is 1. The van der Waals surface area contributed by atoms with E-state index >= 15 is 0 Å². The van der Waals surface area contributed by atoms with E-state index in [1.165, 1.54) is 39.5 Å². The molecular formula is C18H22N2S. The van der Waals surface area contributed by atoms with E-state index in [2.05, 4.69) is 43.4 Å². The van der Waals surface area contributed by atoms with Crippen molar-refractivity contribution in [1.29, 1.82) is 0 Å². The van der Waals surface area contributed by atoms with E-state index < -0.39 is 0 Å². The molecule has 1 saturated carbocycles. The Morgan fingerprint density at radius 2 is 1.90 bits per heavy atom. The fraction of sp³-hybridized carbons (Fsp3) is 0.500. The molecule has 1 fully saturated rings. The number of hydrogen-bond acceptors (Lipinski definition) is 3. The number of thiazole rings is 1. The minimum atomic E-state index is 0.0493. The molecule has 4 rings (SSSR count). The maximum absolute atomic E-state index is 5.00. The zero-order valence-electron chi connectivity index (χ0n) is 12.8. The quantitative estimate of drug-likeness (QED) is 0.929. The second-order valence-corrected chi connectivity index (χ2v) is 7.70. The Hall–Kier alpha value is -1.19. The summed E-state index contributed by atoms with van der Waals surface area (Å²) < 4.78 is 0. The SMILES string of the molecule is CCc1nc(C2(NC3CC3)Cc3ccccc3C2)sc1C. The Balaban J connectivity index is 1.75. The number of aromatic nitrogens is 1. The Kier molecular flexibility index (Phi) is 3.16. The Labute approximate surface area is 130 Å². The van der Waals surface area contributed by atoms with Crippen LogP contribution >= 0.6 is 11.3 Å². The Bertz CT molecular complexity index is 645. The molecule has 2 aliphatic carbocycles. The van der Waals surface area contributed by atoms with Gasteiger partial charge in [0.1, 0.15) is 5.01 Å². The summed E-state index contributed by atoms with van der Waals surface area (Å²) in [5, 5.41) is 5.25. The number of nitrogens with one attached hydrogen (secondary N) is 1. The van der Waals surface area contributed by atoms with Gasteiger partial charge in [-0.3, -0.25) is 0 Å². The topological polar surface area (TPSA) is 24.9 Å². The van der Waals surface area contributed by atoms with Crippen LogP contribution in [0.4, 0.5) is 0 Å². The third-order valence-electron chi connectivity index (χ3n) is 4.80. The van der Waals surface area contributed by atoms with Gasteiger partial charge in [0, 0.05) is 10.9 Å². The van der Waals surface area contributed by atoms with Gasteiger partial charge in [0.05, 0.1) is 11.2 Å². The van der Waals surface area contributed by atoms with Gasteiger partial charge in [-0.25, -0.2) is 4.98 Å². The third-order valence-corrected chi connectivity index (χ3v) is 6.01. The molecule has 0 saturated heterocycles. The van der Waals surface area contributed by atoms with Crippen LogP contribution < -0.4 is 5.32 Å². The van der Waals surface area contributed by atoms with Crippen molar-refractivity contribution in [2.75, 3.05) is 0 Å². The highest BCUT2D eigenvalue weighted by molar-refractivity contribution is 7.11. The van der Waals surface area contributed by atoms with Crippen molar-refractivity contribution in [3.8, 4) is 0 Å². The average Bonchev–Trinajstić information content (AvgIpc) is 3.07. The van der Waals surface area contributed by atoms with Gasteiger partial charge >= 0.3 is 0 Å².